The number of hydrogen-bond acceptors (Lipinski definition) is 7. The van der Waals surface area contributed by atoms with Gasteiger partial charge in [0.1, 0.15) is 0 Å². The second kappa shape index (κ2) is 10.3. The third-order valence-corrected chi connectivity index (χ3v) is 5.41. The highest BCUT2D eigenvalue weighted by Gasteiger charge is 2.35. The Hall–Kier alpha value is -3.33. The molecular formula is C23H24N2O6S. The van der Waals surface area contributed by atoms with Crippen molar-refractivity contribution in [3.05, 3.63) is 68.6 Å². The third kappa shape index (κ3) is 5.67. The number of carbonyl (C=O) groups excluding carboxylic acids is 2. The Labute approximate surface area is 190 Å². The number of ether oxygens (including phenoxy) is 2. The van der Waals surface area contributed by atoms with E-state index in [0.29, 0.717) is 46.7 Å². The number of thioether (sulfide) groups is 1. The van der Waals surface area contributed by atoms with Gasteiger partial charge in [-0.15, -0.1) is 0 Å². The van der Waals surface area contributed by atoms with Gasteiger partial charge in [-0.25, -0.2) is 0 Å². The first-order valence-electron chi connectivity index (χ1n) is 10.2. The Morgan fingerprint density at radius 3 is 2.44 bits per heavy atom. The number of imide groups is 1. The minimum absolute atomic E-state index is 0.0475. The number of rotatable bonds is 9. The Kier molecular flexibility index (Phi) is 7.53. The quantitative estimate of drug-likeness (QED) is 0.288. The molecule has 1 aliphatic heterocycles. The van der Waals surface area contributed by atoms with Crippen LogP contribution < -0.4 is 9.47 Å². The number of carbonyl (C=O) groups is 2. The number of hydrogen-bond donors (Lipinski definition) is 0. The molecule has 0 aromatic heterocycles. The van der Waals surface area contributed by atoms with Crippen molar-refractivity contribution in [1.82, 2.24) is 4.90 Å². The Bertz CT molecular complexity index is 1050. The van der Waals surface area contributed by atoms with Gasteiger partial charge in [0.25, 0.3) is 16.8 Å². The molecule has 2 aromatic carbocycles. The topological polar surface area (TPSA) is 99.0 Å². The summed E-state index contributed by atoms with van der Waals surface area (Å²) in [4.78, 5) is 36.9. The van der Waals surface area contributed by atoms with Crippen LogP contribution in [0.15, 0.2) is 47.4 Å². The molecular weight excluding hydrogens is 432 g/mol. The van der Waals surface area contributed by atoms with E-state index in [4.69, 9.17) is 9.47 Å². The molecule has 8 nitrogen and oxygen atoms in total. The van der Waals surface area contributed by atoms with E-state index in [9.17, 15) is 19.7 Å². The van der Waals surface area contributed by atoms with Crippen molar-refractivity contribution in [1.29, 1.82) is 0 Å². The van der Waals surface area contributed by atoms with Crippen molar-refractivity contribution in [2.45, 2.75) is 27.3 Å². The average molecular weight is 457 g/mol. The molecule has 0 saturated carbocycles. The molecule has 9 heteroatoms. The number of non-ortho nitro benzene ring substituents is 1. The summed E-state index contributed by atoms with van der Waals surface area (Å²) >= 11 is 0.860. The highest BCUT2D eigenvalue weighted by molar-refractivity contribution is 8.18. The first-order chi connectivity index (χ1) is 15.3. The van der Waals surface area contributed by atoms with Crippen LogP contribution in [0.1, 0.15) is 31.9 Å². The molecule has 0 aliphatic carbocycles. The first kappa shape index (κ1) is 23.3. The lowest BCUT2D eigenvalue weighted by atomic mass is 10.1. The smallest absolute Gasteiger partial charge is 0.293 e. The third-order valence-electron chi connectivity index (χ3n) is 4.50. The van der Waals surface area contributed by atoms with Gasteiger partial charge in [0.05, 0.1) is 29.6 Å². The highest BCUT2D eigenvalue weighted by atomic mass is 32.2. The van der Waals surface area contributed by atoms with Gasteiger partial charge in [-0.2, -0.15) is 0 Å². The van der Waals surface area contributed by atoms with E-state index in [-0.39, 0.29) is 17.5 Å². The molecule has 0 N–H and O–H groups in total. The van der Waals surface area contributed by atoms with Crippen LogP contribution in [0.5, 0.6) is 11.5 Å². The highest BCUT2D eigenvalue weighted by Crippen LogP contribution is 2.35. The van der Waals surface area contributed by atoms with Gasteiger partial charge in [-0.3, -0.25) is 24.6 Å². The van der Waals surface area contributed by atoms with E-state index < -0.39 is 10.8 Å². The number of benzene rings is 2. The summed E-state index contributed by atoms with van der Waals surface area (Å²) in [6, 6.07) is 11.2. The molecule has 0 atom stereocenters. The maximum atomic E-state index is 12.8. The fraction of sp³-hybridized carbons (Fsp3) is 0.304. The zero-order chi connectivity index (χ0) is 23.3. The van der Waals surface area contributed by atoms with Crippen LogP contribution in [-0.2, 0) is 11.3 Å². The van der Waals surface area contributed by atoms with Crippen LogP contribution in [0.25, 0.3) is 6.08 Å². The van der Waals surface area contributed by atoms with E-state index in [2.05, 4.69) is 13.8 Å². The Morgan fingerprint density at radius 1 is 1.09 bits per heavy atom. The summed E-state index contributed by atoms with van der Waals surface area (Å²) in [5.74, 6) is 1.17. The fourth-order valence-electron chi connectivity index (χ4n) is 2.95. The standard InChI is InChI=1S/C23H24N2O6S/c1-4-30-20-11-17(7-10-19(20)31-14-15(2)3)12-21-22(26)24(23(27)32-21)13-16-5-8-18(9-6-16)25(28)29/h5-12,15H,4,13-14H2,1-3H3/b21-12-. The molecule has 3 rings (SSSR count). The van der Waals surface area contributed by atoms with Crippen molar-refractivity contribution in [2.75, 3.05) is 13.2 Å². The summed E-state index contributed by atoms with van der Waals surface area (Å²) in [6.07, 6.45) is 1.65. The van der Waals surface area contributed by atoms with Crippen LogP contribution in [0.4, 0.5) is 10.5 Å². The van der Waals surface area contributed by atoms with Gasteiger partial charge in [0.2, 0.25) is 0 Å². The van der Waals surface area contributed by atoms with Crippen molar-refractivity contribution in [2.24, 2.45) is 5.92 Å². The van der Waals surface area contributed by atoms with Crippen molar-refractivity contribution in [3.63, 3.8) is 0 Å². The van der Waals surface area contributed by atoms with Crippen molar-refractivity contribution >= 4 is 34.7 Å². The van der Waals surface area contributed by atoms with E-state index in [1.54, 1.807) is 18.2 Å². The molecule has 0 unspecified atom stereocenters. The van der Waals surface area contributed by atoms with Crippen LogP contribution in [0, 0.1) is 16.0 Å². The van der Waals surface area contributed by atoms with Gasteiger partial charge in [0.15, 0.2) is 11.5 Å². The normalized spacial score (nSPS) is 15.0. The van der Waals surface area contributed by atoms with Gasteiger partial charge < -0.3 is 9.47 Å². The molecule has 0 radical (unpaired) electrons. The molecule has 32 heavy (non-hydrogen) atoms. The lowest BCUT2D eigenvalue weighted by Crippen LogP contribution is -2.27. The second-order valence-electron chi connectivity index (χ2n) is 7.54. The van der Waals surface area contributed by atoms with Gasteiger partial charge in [-0.1, -0.05) is 32.0 Å². The number of amides is 2. The summed E-state index contributed by atoms with van der Waals surface area (Å²) < 4.78 is 11.5. The van der Waals surface area contributed by atoms with Crippen LogP contribution >= 0.6 is 11.8 Å². The maximum absolute atomic E-state index is 12.8. The monoisotopic (exact) mass is 456 g/mol. The molecule has 1 fully saturated rings. The van der Waals surface area contributed by atoms with Gasteiger partial charge in [-0.05, 0) is 53.9 Å². The van der Waals surface area contributed by atoms with Gasteiger partial charge in [0, 0.05) is 12.1 Å². The van der Waals surface area contributed by atoms with Crippen molar-refractivity contribution < 1.29 is 24.0 Å². The molecule has 1 heterocycles. The van der Waals surface area contributed by atoms with E-state index in [0.717, 1.165) is 16.7 Å². The summed E-state index contributed by atoms with van der Waals surface area (Å²) in [5, 5.41) is 10.4. The van der Waals surface area contributed by atoms with Crippen LogP contribution in [0.2, 0.25) is 0 Å². The molecule has 2 aromatic rings. The molecule has 0 bridgehead atoms. The Morgan fingerprint density at radius 2 is 1.81 bits per heavy atom. The molecule has 2 amide bonds. The predicted molar refractivity (Wildman–Crippen MR) is 123 cm³/mol. The number of nitro groups is 1. The minimum Gasteiger partial charge on any atom is -0.490 e. The zero-order valence-electron chi connectivity index (χ0n) is 18.1. The first-order valence-corrected chi connectivity index (χ1v) is 11.0. The SMILES string of the molecule is CCOc1cc(/C=C2\SC(=O)N(Cc3ccc([N+](=O)[O-])cc3)C2=O)ccc1OCC(C)C. The van der Waals surface area contributed by atoms with E-state index >= 15 is 0 Å². The molecule has 1 saturated heterocycles. The maximum Gasteiger partial charge on any atom is 0.293 e. The van der Waals surface area contributed by atoms with E-state index in [1.165, 1.54) is 24.3 Å². The largest absolute Gasteiger partial charge is 0.490 e. The number of nitrogens with zero attached hydrogens (tertiary/aromatic N) is 2. The zero-order valence-corrected chi connectivity index (χ0v) is 18.9. The molecule has 1 aliphatic rings. The van der Waals surface area contributed by atoms with Crippen molar-refractivity contribution in [3.8, 4) is 11.5 Å². The van der Waals surface area contributed by atoms with E-state index in [1.807, 2.05) is 13.0 Å². The minimum atomic E-state index is -0.498. The summed E-state index contributed by atoms with van der Waals surface area (Å²) in [6.45, 7) is 7.06. The summed E-state index contributed by atoms with van der Waals surface area (Å²) in [7, 11) is 0. The number of nitro benzene ring substituents is 1. The van der Waals surface area contributed by atoms with Gasteiger partial charge >= 0.3 is 0 Å². The Balaban J connectivity index is 1.77. The lowest BCUT2D eigenvalue weighted by Gasteiger charge is -2.14. The fourth-order valence-corrected chi connectivity index (χ4v) is 3.79. The second-order valence-corrected chi connectivity index (χ2v) is 8.53. The van der Waals surface area contributed by atoms with Crippen LogP contribution in [0.3, 0.4) is 0 Å². The predicted octanol–water partition coefficient (Wildman–Crippen LogP) is 5.26. The molecule has 168 valence electrons. The molecule has 0 spiro atoms. The average Bonchev–Trinajstić information content (AvgIpc) is 3.01. The van der Waals surface area contributed by atoms with Crippen LogP contribution in [-0.4, -0.2) is 34.2 Å². The summed E-state index contributed by atoms with van der Waals surface area (Å²) in [5.41, 5.74) is 1.30. The lowest BCUT2D eigenvalue weighted by molar-refractivity contribution is -0.384.